The van der Waals surface area contributed by atoms with E-state index in [1.54, 1.807) is 30.6 Å². The lowest BCUT2D eigenvalue weighted by Crippen LogP contribution is -2.42. The van der Waals surface area contributed by atoms with Crippen molar-refractivity contribution in [2.45, 2.75) is 25.9 Å². The van der Waals surface area contributed by atoms with Crippen molar-refractivity contribution >= 4 is 5.91 Å². The van der Waals surface area contributed by atoms with Crippen LogP contribution in [0.2, 0.25) is 0 Å². The van der Waals surface area contributed by atoms with Gasteiger partial charge in [0.25, 0.3) is 5.91 Å². The van der Waals surface area contributed by atoms with E-state index in [2.05, 4.69) is 15.0 Å². The van der Waals surface area contributed by atoms with Crippen molar-refractivity contribution in [1.82, 2.24) is 19.9 Å². The van der Waals surface area contributed by atoms with Crippen LogP contribution in [0.25, 0.3) is 0 Å². The van der Waals surface area contributed by atoms with Gasteiger partial charge in [-0.1, -0.05) is 0 Å². The molecule has 3 rings (SSSR count). The third kappa shape index (κ3) is 3.61. The molecule has 0 aromatic carbocycles. The van der Waals surface area contributed by atoms with E-state index in [1.165, 1.54) is 7.11 Å². The van der Waals surface area contributed by atoms with Gasteiger partial charge in [0, 0.05) is 44.4 Å². The number of methoxy groups -OCH3 is 1. The number of ether oxygens (including phenoxy) is 2. The molecule has 0 unspecified atom stereocenters. The summed E-state index contributed by atoms with van der Waals surface area (Å²) in [6, 6.07) is 5.23. The number of piperidine rings is 1. The second kappa shape index (κ2) is 7.25. The summed E-state index contributed by atoms with van der Waals surface area (Å²) in [5.41, 5.74) is 0.491. The number of pyridine rings is 1. The largest absolute Gasteiger partial charge is 0.480 e. The van der Waals surface area contributed by atoms with E-state index in [0.717, 1.165) is 12.8 Å². The second-order valence-electron chi connectivity index (χ2n) is 5.61. The molecule has 7 nitrogen and oxygen atoms in total. The van der Waals surface area contributed by atoms with Crippen molar-refractivity contribution in [3.63, 3.8) is 0 Å². The molecule has 7 heteroatoms. The predicted octanol–water partition coefficient (Wildman–Crippen LogP) is 1.87. The number of hydrogen-bond acceptors (Lipinski definition) is 6. The summed E-state index contributed by atoms with van der Waals surface area (Å²) in [6.45, 7) is 3.09. The highest BCUT2D eigenvalue weighted by Crippen LogP contribution is 2.21. The SMILES string of the molecule is COc1ncccc1C(=O)N1CCC(Oc2ccnc(C)n2)CC1. The molecule has 1 amide bonds. The number of hydrogen-bond donors (Lipinski definition) is 0. The zero-order valence-corrected chi connectivity index (χ0v) is 13.8. The molecular weight excluding hydrogens is 308 g/mol. The first kappa shape index (κ1) is 16.2. The standard InChI is InChI=1S/C17H20N4O3/c1-12-18-9-5-15(20-12)24-13-6-10-21(11-7-13)17(22)14-4-3-8-19-16(14)23-2/h3-5,8-9,13H,6-7,10-11H2,1-2H3. The Hall–Kier alpha value is -2.70. The summed E-state index contributed by atoms with van der Waals surface area (Å²) in [5.74, 6) is 1.57. The van der Waals surface area contributed by atoms with Gasteiger partial charge in [-0.3, -0.25) is 4.79 Å². The van der Waals surface area contributed by atoms with Crippen LogP contribution in [0, 0.1) is 6.92 Å². The molecule has 2 aromatic heterocycles. The molecule has 0 N–H and O–H groups in total. The van der Waals surface area contributed by atoms with Crippen molar-refractivity contribution < 1.29 is 14.3 Å². The molecule has 3 heterocycles. The Bertz CT molecular complexity index is 714. The Morgan fingerprint density at radius 2 is 2.00 bits per heavy atom. The van der Waals surface area contributed by atoms with E-state index in [0.29, 0.717) is 36.2 Å². The van der Waals surface area contributed by atoms with Crippen molar-refractivity contribution in [2.75, 3.05) is 20.2 Å². The molecule has 1 fully saturated rings. The van der Waals surface area contributed by atoms with E-state index in [4.69, 9.17) is 9.47 Å². The van der Waals surface area contributed by atoms with Gasteiger partial charge in [0.05, 0.1) is 7.11 Å². The summed E-state index contributed by atoms with van der Waals surface area (Å²) in [7, 11) is 1.52. The number of carbonyl (C=O) groups excluding carboxylic acids is 1. The van der Waals surface area contributed by atoms with Gasteiger partial charge < -0.3 is 14.4 Å². The van der Waals surface area contributed by atoms with E-state index in [1.807, 2.05) is 11.8 Å². The summed E-state index contributed by atoms with van der Waals surface area (Å²) >= 11 is 0. The molecule has 0 saturated carbocycles. The van der Waals surface area contributed by atoms with E-state index >= 15 is 0 Å². The normalized spacial score (nSPS) is 15.2. The van der Waals surface area contributed by atoms with Crippen LogP contribution in [-0.4, -0.2) is 52.1 Å². The molecule has 1 saturated heterocycles. The Kier molecular flexibility index (Phi) is 4.88. The Morgan fingerprint density at radius 1 is 1.21 bits per heavy atom. The van der Waals surface area contributed by atoms with Crippen LogP contribution in [0.3, 0.4) is 0 Å². The highest BCUT2D eigenvalue weighted by Gasteiger charge is 2.26. The molecule has 0 spiro atoms. The highest BCUT2D eigenvalue weighted by molar-refractivity contribution is 5.96. The van der Waals surface area contributed by atoms with Gasteiger partial charge in [-0.2, -0.15) is 4.98 Å². The van der Waals surface area contributed by atoms with Gasteiger partial charge in [-0.15, -0.1) is 0 Å². The smallest absolute Gasteiger partial charge is 0.259 e. The van der Waals surface area contributed by atoms with Gasteiger partial charge in [0.2, 0.25) is 11.8 Å². The third-order valence-corrected chi connectivity index (χ3v) is 3.96. The van der Waals surface area contributed by atoms with Crippen molar-refractivity contribution in [3.8, 4) is 11.8 Å². The van der Waals surface area contributed by atoms with Crippen LogP contribution in [0.4, 0.5) is 0 Å². The van der Waals surface area contributed by atoms with Crippen molar-refractivity contribution in [3.05, 3.63) is 42.0 Å². The van der Waals surface area contributed by atoms with Gasteiger partial charge in [0.15, 0.2) is 0 Å². The fourth-order valence-electron chi connectivity index (χ4n) is 2.73. The lowest BCUT2D eigenvalue weighted by molar-refractivity contribution is 0.0584. The Morgan fingerprint density at radius 3 is 2.71 bits per heavy atom. The second-order valence-corrected chi connectivity index (χ2v) is 5.61. The zero-order chi connectivity index (χ0) is 16.9. The number of aryl methyl sites for hydroxylation is 1. The first-order chi connectivity index (χ1) is 11.7. The van der Waals surface area contributed by atoms with Gasteiger partial charge in [-0.25, -0.2) is 9.97 Å². The summed E-state index contributed by atoms with van der Waals surface area (Å²) in [5, 5.41) is 0. The lowest BCUT2D eigenvalue weighted by Gasteiger charge is -2.32. The minimum Gasteiger partial charge on any atom is -0.480 e. The number of likely N-dealkylation sites (tertiary alicyclic amines) is 1. The van der Waals surface area contributed by atoms with Crippen LogP contribution in [0.1, 0.15) is 29.0 Å². The molecule has 0 radical (unpaired) electrons. The van der Waals surface area contributed by atoms with Crippen molar-refractivity contribution in [2.24, 2.45) is 0 Å². The number of nitrogens with zero attached hydrogens (tertiary/aromatic N) is 4. The molecule has 2 aromatic rings. The van der Waals surface area contributed by atoms with Gasteiger partial charge in [0.1, 0.15) is 17.5 Å². The fourth-order valence-corrected chi connectivity index (χ4v) is 2.73. The number of amides is 1. The van der Waals surface area contributed by atoms with Crippen LogP contribution < -0.4 is 9.47 Å². The van der Waals surface area contributed by atoms with Crippen LogP contribution in [-0.2, 0) is 0 Å². The molecule has 126 valence electrons. The zero-order valence-electron chi connectivity index (χ0n) is 13.8. The van der Waals surface area contributed by atoms with Crippen LogP contribution in [0.15, 0.2) is 30.6 Å². The number of carbonyl (C=O) groups is 1. The maximum atomic E-state index is 12.6. The highest BCUT2D eigenvalue weighted by atomic mass is 16.5. The maximum Gasteiger partial charge on any atom is 0.259 e. The number of rotatable bonds is 4. The van der Waals surface area contributed by atoms with Crippen molar-refractivity contribution in [1.29, 1.82) is 0 Å². The monoisotopic (exact) mass is 328 g/mol. The minimum atomic E-state index is -0.0590. The van der Waals surface area contributed by atoms with E-state index in [9.17, 15) is 4.79 Å². The van der Waals surface area contributed by atoms with E-state index in [-0.39, 0.29) is 12.0 Å². The fraction of sp³-hybridized carbons (Fsp3) is 0.412. The lowest BCUT2D eigenvalue weighted by atomic mass is 10.1. The number of aromatic nitrogens is 3. The van der Waals surface area contributed by atoms with Crippen LogP contribution in [0.5, 0.6) is 11.8 Å². The van der Waals surface area contributed by atoms with Gasteiger partial charge in [-0.05, 0) is 19.1 Å². The molecule has 0 atom stereocenters. The van der Waals surface area contributed by atoms with Crippen LogP contribution >= 0.6 is 0 Å². The summed E-state index contributed by atoms with van der Waals surface area (Å²) in [6.07, 6.45) is 4.87. The predicted molar refractivity (Wildman–Crippen MR) is 87.1 cm³/mol. The average Bonchev–Trinajstić information content (AvgIpc) is 2.62. The third-order valence-electron chi connectivity index (χ3n) is 3.96. The summed E-state index contributed by atoms with van der Waals surface area (Å²) in [4.78, 5) is 26.8. The summed E-state index contributed by atoms with van der Waals surface area (Å²) < 4.78 is 11.1. The molecule has 1 aliphatic rings. The Balaban J connectivity index is 1.59. The molecule has 24 heavy (non-hydrogen) atoms. The maximum absolute atomic E-state index is 12.6. The molecular formula is C17H20N4O3. The molecule has 0 aliphatic carbocycles. The first-order valence-electron chi connectivity index (χ1n) is 7.92. The molecule has 0 bridgehead atoms. The molecule has 1 aliphatic heterocycles. The minimum absolute atomic E-state index is 0.0548. The topological polar surface area (TPSA) is 77.4 Å². The van der Waals surface area contributed by atoms with E-state index < -0.39 is 0 Å². The quantitative estimate of drug-likeness (QED) is 0.853. The average molecular weight is 328 g/mol. The Labute approximate surface area is 140 Å². The van der Waals surface area contributed by atoms with Gasteiger partial charge >= 0.3 is 0 Å². The first-order valence-corrected chi connectivity index (χ1v) is 7.92.